The van der Waals surface area contributed by atoms with E-state index in [-0.39, 0.29) is 0 Å². The lowest BCUT2D eigenvalue weighted by molar-refractivity contribution is 0.0600. The summed E-state index contributed by atoms with van der Waals surface area (Å²) in [7, 11) is 1.33. The van der Waals surface area contributed by atoms with Crippen molar-refractivity contribution >= 4 is 39.1 Å². The number of fused-ring (bicyclic) bond motifs is 1. The van der Waals surface area contributed by atoms with Gasteiger partial charge in [0.05, 0.1) is 12.7 Å². The Morgan fingerprint density at radius 1 is 1.50 bits per heavy atom. The molecule has 1 aromatic carbocycles. The number of halogens is 1. The SMILES string of the molecule is COC(=O)c1cc(Br)c2c(C=O)c[nH]c2c1. The second kappa shape index (κ2) is 4.09. The van der Waals surface area contributed by atoms with E-state index in [4.69, 9.17) is 0 Å². The van der Waals surface area contributed by atoms with E-state index in [9.17, 15) is 9.59 Å². The number of rotatable bonds is 2. The highest BCUT2D eigenvalue weighted by atomic mass is 79.9. The highest BCUT2D eigenvalue weighted by Gasteiger charge is 2.12. The molecule has 2 aromatic rings. The van der Waals surface area contributed by atoms with Crippen LogP contribution in [-0.4, -0.2) is 24.3 Å². The summed E-state index contributed by atoms with van der Waals surface area (Å²) >= 11 is 3.33. The Labute approximate surface area is 99.7 Å². The first-order chi connectivity index (χ1) is 7.67. The third-order valence-corrected chi connectivity index (χ3v) is 2.94. The molecule has 0 atom stereocenters. The predicted octanol–water partition coefficient (Wildman–Crippen LogP) is 2.53. The number of carbonyl (C=O) groups is 2. The standard InChI is InChI=1S/C11H8BrNO3/c1-16-11(15)6-2-8(12)10-7(5-14)4-13-9(10)3-6/h2-5,13H,1H3. The van der Waals surface area contributed by atoms with Crippen molar-refractivity contribution in [1.82, 2.24) is 4.98 Å². The number of aromatic nitrogens is 1. The Hall–Kier alpha value is -1.62. The van der Waals surface area contributed by atoms with Gasteiger partial charge in [0, 0.05) is 27.1 Å². The molecule has 0 unspecified atom stereocenters. The normalized spacial score (nSPS) is 10.4. The number of carbonyl (C=O) groups excluding carboxylic acids is 2. The van der Waals surface area contributed by atoms with Crippen LogP contribution >= 0.6 is 15.9 Å². The summed E-state index contributed by atoms with van der Waals surface area (Å²) in [5.74, 6) is -0.412. The fraction of sp³-hybridized carbons (Fsp3) is 0.0909. The molecule has 0 saturated heterocycles. The van der Waals surface area contributed by atoms with Gasteiger partial charge in [-0.2, -0.15) is 0 Å². The third kappa shape index (κ3) is 1.63. The number of nitrogens with one attached hydrogen (secondary N) is 1. The molecule has 0 saturated carbocycles. The molecule has 0 radical (unpaired) electrons. The smallest absolute Gasteiger partial charge is 0.337 e. The van der Waals surface area contributed by atoms with E-state index >= 15 is 0 Å². The molecule has 0 aliphatic carbocycles. The minimum atomic E-state index is -0.412. The zero-order valence-corrected chi connectivity index (χ0v) is 10.00. The summed E-state index contributed by atoms with van der Waals surface area (Å²) in [4.78, 5) is 25.1. The van der Waals surface area contributed by atoms with Crippen molar-refractivity contribution < 1.29 is 14.3 Å². The number of hydrogen-bond donors (Lipinski definition) is 1. The average molecular weight is 282 g/mol. The topological polar surface area (TPSA) is 59.2 Å². The van der Waals surface area contributed by atoms with Crippen LogP contribution in [0.3, 0.4) is 0 Å². The number of ether oxygens (including phenoxy) is 1. The Kier molecular flexibility index (Phi) is 2.78. The molecule has 1 heterocycles. The van der Waals surface area contributed by atoms with Crippen LogP contribution in [0.4, 0.5) is 0 Å². The highest BCUT2D eigenvalue weighted by molar-refractivity contribution is 9.10. The summed E-state index contributed by atoms with van der Waals surface area (Å²) < 4.78 is 5.32. The third-order valence-electron chi connectivity index (χ3n) is 2.31. The molecule has 2 rings (SSSR count). The minimum absolute atomic E-state index is 0.412. The van der Waals surface area contributed by atoms with Crippen molar-refractivity contribution in [2.24, 2.45) is 0 Å². The molecule has 4 nitrogen and oxygen atoms in total. The fourth-order valence-corrected chi connectivity index (χ4v) is 2.26. The Morgan fingerprint density at radius 2 is 2.25 bits per heavy atom. The number of methoxy groups -OCH3 is 1. The molecule has 0 amide bonds. The van der Waals surface area contributed by atoms with Gasteiger partial charge < -0.3 is 9.72 Å². The number of esters is 1. The van der Waals surface area contributed by atoms with Gasteiger partial charge in [0.2, 0.25) is 0 Å². The average Bonchev–Trinajstić information content (AvgIpc) is 2.71. The fourth-order valence-electron chi connectivity index (χ4n) is 1.57. The molecule has 0 aliphatic rings. The lowest BCUT2D eigenvalue weighted by Gasteiger charge is -2.01. The van der Waals surface area contributed by atoms with Gasteiger partial charge in [-0.05, 0) is 12.1 Å². The van der Waals surface area contributed by atoms with Crippen LogP contribution in [0, 0.1) is 0 Å². The van der Waals surface area contributed by atoms with Crippen LogP contribution in [0.1, 0.15) is 20.7 Å². The zero-order chi connectivity index (χ0) is 11.7. The maximum absolute atomic E-state index is 11.4. The van der Waals surface area contributed by atoms with E-state index in [0.29, 0.717) is 15.6 Å². The number of aldehydes is 1. The van der Waals surface area contributed by atoms with Crippen molar-refractivity contribution in [3.63, 3.8) is 0 Å². The van der Waals surface area contributed by atoms with Crippen molar-refractivity contribution in [3.05, 3.63) is 33.9 Å². The maximum atomic E-state index is 11.4. The summed E-state index contributed by atoms with van der Waals surface area (Å²) in [6, 6.07) is 3.29. The highest BCUT2D eigenvalue weighted by Crippen LogP contribution is 2.28. The first-order valence-electron chi connectivity index (χ1n) is 4.51. The summed E-state index contributed by atoms with van der Waals surface area (Å²) in [5.41, 5.74) is 1.70. The lowest BCUT2D eigenvalue weighted by Crippen LogP contribution is -2.00. The largest absolute Gasteiger partial charge is 0.465 e. The molecule has 5 heteroatoms. The van der Waals surface area contributed by atoms with Crippen molar-refractivity contribution in [2.45, 2.75) is 0 Å². The second-order valence-corrected chi connectivity index (χ2v) is 4.09. The molecule has 82 valence electrons. The van der Waals surface area contributed by atoms with Crippen LogP contribution in [-0.2, 0) is 4.74 Å². The number of hydrogen-bond acceptors (Lipinski definition) is 3. The molecule has 16 heavy (non-hydrogen) atoms. The van der Waals surface area contributed by atoms with Gasteiger partial charge in [0.25, 0.3) is 0 Å². The molecular weight excluding hydrogens is 274 g/mol. The quantitative estimate of drug-likeness (QED) is 0.680. The van der Waals surface area contributed by atoms with Gasteiger partial charge >= 0.3 is 5.97 Å². The van der Waals surface area contributed by atoms with Crippen molar-refractivity contribution in [3.8, 4) is 0 Å². The van der Waals surface area contributed by atoms with Gasteiger partial charge in [-0.3, -0.25) is 4.79 Å². The van der Waals surface area contributed by atoms with E-state index in [1.54, 1.807) is 18.3 Å². The van der Waals surface area contributed by atoms with Crippen LogP contribution in [0.25, 0.3) is 10.9 Å². The maximum Gasteiger partial charge on any atom is 0.337 e. The predicted molar refractivity (Wildman–Crippen MR) is 62.7 cm³/mol. The lowest BCUT2D eigenvalue weighted by atomic mass is 10.1. The van der Waals surface area contributed by atoms with E-state index in [0.717, 1.165) is 17.2 Å². The van der Waals surface area contributed by atoms with E-state index in [1.807, 2.05) is 0 Å². The second-order valence-electron chi connectivity index (χ2n) is 3.23. The molecule has 0 bridgehead atoms. The monoisotopic (exact) mass is 281 g/mol. The minimum Gasteiger partial charge on any atom is -0.465 e. The van der Waals surface area contributed by atoms with Crippen LogP contribution in [0.15, 0.2) is 22.8 Å². The van der Waals surface area contributed by atoms with E-state index in [1.165, 1.54) is 7.11 Å². The molecule has 1 N–H and O–H groups in total. The number of aromatic amines is 1. The molecule has 0 fully saturated rings. The molecule has 0 spiro atoms. The number of benzene rings is 1. The summed E-state index contributed by atoms with van der Waals surface area (Å²) in [5, 5.41) is 0.766. The Morgan fingerprint density at radius 3 is 2.88 bits per heavy atom. The van der Waals surface area contributed by atoms with Crippen LogP contribution in [0.5, 0.6) is 0 Å². The summed E-state index contributed by atoms with van der Waals surface area (Å²) in [6.45, 7) is 0. The Balaban J connectivity index is 2.69. The van der Waals surface area contributed by atoms with Crippen molar-refractivity contribution in [2.75, 3.05) is 7.11 Å². The number of H-pyrrole nitrogens is 1. The van der Waals surface area contributed by atoms with Gasteiger partial charge in [0.1, 0.15) is 0 Å². The van der Waals surface area contributed by atoms with Gasteiger partial charge in [-0.1, -0.05) is 15.9 Å². The molecular formula is C11H8BrNO3. The zero-order valence-electron chi connectivity index (χ0n) is 8.41. The first kappa shape index (κ1) is 10.9. The first-order valence-corrected chi connectivity index (χ1v) is 5.30. The van der Waals surface area contributed by atoms with Crippen LogP contribution in [0.2, 0.25) is 0 Å². The van der Waals surface area contributed by atoms with Gasteiger partial charge in [-0.15, -0.1) is 0 Å². The molecule has 0 aliphatic heterocycles. The van der Waals surface area contributed by atoms with Crippen molar-refractivity contribution in [1.29, 1.82) is 0 Å². The van der Waals surface area contributed by atoms with Crippen LogP contribution < -0.4 is 0 Å². The molecule has 1 aromatic heterocycles. The Bertz CT molecular complexity index is 574. The van der Waals surface area contributed by atoms with Gasteiger partial charge in [-0.25, -0.2) is 4.79 Å². The van der Waals surface area contributed by atoms with Gasteiger partial charge in [0.15, 0.2) is 6.29 Å². The van der Waals surface area contributed by atoms with E-state index < -0.39 is 5.97 Å². The summed E-state index contributed by atoms with van der Waals surface area (Å²) in [6.07, 6.45) is 2.37. The van der Waals surface area contributed by atoms with E-state index in [2.05, 4.69) is 25.7 Å².